The van der Waals surface area contributed by atoms with Crippen molar-refractivity contribution in [1.82, 2.24) is 20.9 Å². The minimum atomic E-state index is -5.27. The lowest BCUT2D eigenvalue weighted by Gasteiger charge is -2.50. The second-order valence-electron chi connectivity index (χ2n) is 8.25. The van der Waals surface area contributed by atoms with Crippen LogP contribution in [0.25, 0.3) is 0 Å². The van der Waals surface area contributed by atoms with E-state index in [1.807, 2.05) is 0 Å². The van der Waals surface area contributed by atoms with Gasteiger partial charge in [-0.05, 0) is 18.2 Å². The third-order valence-corrected chi connectivity index (χ3v) is 6.17. The number of nitrogens with zero attached hydrogens (tertiary/aromatic N) is 1. The third kappa shape index (κ3) is 3.55. The van der Waals surface area contributed by atoms with Crippen LogP contribution >= 0.6 is 0 Å². The molecule has 36 heavy (non-hydrogen) atoms. The predicted molar refractivity (Wildman–Crippen MR) is 104 cm³/mol. The maximum absolute atomic E-state index is 13.4. The van der Waals surface area contributed by atoms with Crippen LogP contribution < -0.4 is 21.7 Å². The van der Waals surface area contributed by atoms with Gasteiger partial charge in [0.05, 0.1) is 23.2 Å². The van der Waals surface area contributed by atoms with Crippen molar-refractivity contribution in [3.63, 3.8) is 0 Å². The zero-order valence-corrected chi connectivity index (χ0v) is 17.6. The molecule has 3 unspecified atom stereocenters. The van der Waals surface area contributed by atoms with Gasteiger partial charge in [0.15, 0.2) is 23.7 Å². The van der Waals surface area contributed by atoms with Gasteiger partial charge in [0.1, 0.15) is 12.1 Å². The smallest absolute Gasteiger partial charge is 0.417 e. The van der Waals surface area contributed by atoms with Crippen molar-refractivity contribution >= 4 is 23.8 Å². The number of ether oxygens (including phenoxy) is 1. The molecule has 0 radical (unpaired) electrons. The van der Waals surface area contributed by atoms with E-state index in [4.69, 9.17) is 21.3 Å². The molecule has 18 heteroatoms. The number of aliphatic hydroxyl groups is 2. The number of hydrogen-bond donors (Lipinski definition) is 8. The highest BCUT2D eigenvalue weighted by molar-refractivity contribution is 5.95. The predicted octanol–water partition coefficient (Wildman–Crippen LogP) is -1.17. The molecule has 1 amide bonds. The van der Waals surface area contributed by atoms with E-state index >= 15 is 0 Å². The van der Waals surface area contributed by atoms with Crippen LogP contribution in [0.4, 0.5) is 26.3 Å². The van der Waals surface area contributed by atoms with E-state index in [1.165, 1.54) is 0 Å². The first-order valence-electron chi connectivity index (χ1n) is 9.90. The Hall–Kier alpha value is -3.80. The average Bonchev–Trinajstić information content (AvgIpc) is 3.20. The van der Waals surface area contributed by atoms with E-state index in [-0.39, 0.29) is 18.2 Å². The van der Waals surface area contributed by atoms with Crippen LogP contribution in [-0.2, 0) is 21.9 Å². The number of carbonyl (C=O) groups is 2. The number of amides is 1. The van der Waals surface area contributed by atoms with Gasteiger partial charge in [-0.2, -0.15) is 26.3 Å². The number of guanidine groups is 2. The van der Waals surface area contributed by atoms with Crippen LogP contribution in [0.2, 0.25) is 0 Å². The van der Waals surface area contributed by atoms with Crippen molar-refractivity contribution in [2.75, 3.05) is 6.54 Å². The summed E-state index contributed by atoms with van der Waals surface area (Å²) in [7, 11) is 0. The normalized spacial score (nSPS) is 29.0. The van der Waals surface area contributed by atoms with Gasteiger partial charge >= 0.3 is 18.3 Å². The molecule has 0 aliphatic carbocycles. The maximum atomic E-state index is 13.4. The van der Waals surface area contributed by atoms with Gasteiger partial charge in [-0.25, -0.2) is 4.79 Å². The molecule has 4 rings (SSSR count). The van der Waals surface area contributed by atoms with Gasteiger partial charge in [-0.15, -0.1) is 0 Å². The number of rotatable bonds is 3. The van der Waals surface area contributed by atoms with Gasteiger partial charge in [0, 0.05) is 0 Å². The van der Waals surface area contributed by atoms with E-state index in [0.717, 1.165) is 4.90 Å². The van der Waals surface area contributed by atoms with Gasteiger partial charge in [0.25, 0.3) is 0 Å². The molecule has 3 fully saturated rings. The Balaban J connectivity index is 1.74. The first kappa shape index (κ1) is 25.3. The Kier molecular flexibility index (Phi) is 5.34. The number of benzene rings is 1. The molecule has 1 aromatic rings. The Morgan fingerprint density at radius 2 is 1.75 bits per heavy atom. The largest absolute Gasteiger partial charge is 0.451 e. The van der Waals surface area contributed by atoms with Crippen LogP contribution in [0, 0.1) is 10.8 Å². The van der Waals surface area contributed by atoms with Crippen LogP contribution in [0.3, 0.4) is 0 Å². The fourth-order valence-corrected chi connectivity index (χ4v) is 4.59. The number of primary amides is 1. The lowest BCUT2D eigenvalue weighted by Crippen LogP contribution is -2.81. The lowest BCUT2D eigenvalue weighted by molar-refractivity contribution is -0.257. The van der Waals surface area contributed by atoms with Gasteiger partial charge in [-0.3, -0.25) is 15.6 Å². The molecule has 0 aromatic heterocycles. The Labute approximate surface area is 196 Å². The fourth-order valence-electron chi connectivity index (χ4n) is 4.59. The van der Waals surface area contributed by atoms with Crippen molar-refractivity contribution < 1.29 is 50.9 Å². The summed E-state index contributed by atoms with van der Waals surface area (Å²) >= 11 is 0. The summed E-state index contributed by atoms with van der Waals surface area (Å²) in [5.41, 5.74) is -1.95. The first-order chi connectivity index (χ1) is 16.4. The summed E-state index contributed by atoms with van der Waals surface area (Å²) in [6.45, 7) is -0.783. The lowest BCUT2D eigenvalue weighted by atomic mass is 9.85. The minimum absolute atomic E-state index is 0.0397. The second-order valence-corrected chi connectivity index (χ2v) is 8.25. The minimum Gasteiger partial charge on any atom is -0.451 e. The quantitative estimate of drug-likeness (QED) is 0.136. The average molecular weight is 525 g/mol. The van der Waals surface area contributed by atoms with Crippen LogP contribution in [0.15, 0.2) is 18.2 Å². The van der Waals surface area contributed by atoms with E-state index in [9.17, 15) is 46.1 Å². The van der Waals surface area contributed by atoms with Crippen molar-refractivity contribution in [3.05, 3.63) is 34.9 Å². The van der Waals surface area contributed by atoms with Crippen molar-refractivity contribution in [3.8, 4) is 0 Å². The molecule has 0 bridgehead atoms. The number of nitrogens with one attached hydrogen (secondary N) is 5. The molecule has 4 atom stereocenters. The summed E-state index contributed by atoms with van der Waals surface area (Å²) in [6, 6.07) is -2.88. The van der Waals surface area contributed by atoms with Gasteiger partial charge in [-0.1, -0.05) is 0 Å². The molecule has 3 saturated heterocycles. The Bertz CT molecular complexity index is 1170. The highest BCUT2D eigenvalue weighted by Crippen LogP contribution is 2.44. The maximum Gasteiger partial charge on any atom is 0.417 e. The van der Waals surface area contributed by atoms with Crippen molar-refractivity contribution in [1.29, 1.82) is 10.8 Å². The number of nitrogens with two attached hydrogens (primary N) is 1. The molecule has 3 heterocycles. The van der Waals surface area contributed by atoms with Crippen LogP contribution in [0.1, 0.15) is 21.5 Å². The second kappa shape index (κ2) is 7.60. The molecule has 9 N–H and O–H groups in total. The van der Waals surface area contributed by atoms with Crippen molar-refractivity contribution in [2.24, 2.45) is 5.73 Å². The summed E-state index contributed by atoms with van der Waals surface area (Å²) in [5.74, 6) is -7.57. The molecule has 1 aromatic carbocycles. The highest BCUT2D eigenvalue weighted by Gasteiger charge is 2.75. The molecular weight excluding hydrogens is 508 g/mol. The fraction of sp³-hybridized carbons (Fsp3) is 0.444. The number of esters is 1. The zero-order chi connectivity index (χ0) is 27.0. The van der Waals surface area contributed by atoms with Crippen LogP contribution in [-0.4, -0.2) is 75.1 Å². The molecular formula is C18H17F6N7O5. The highest BCUT2D eigenvalue weighted by atomic mass is 19.4. The number of carbonyl (C=O) groups excluding carboxylic acids is 2. The number of alkyl halides is 6. The summed E-state index contributed by atoms with van der Waals surface area (Å²) in [6.07, 6.45) is -12.5. The molecule has 196 valence electrons. The number of halogens is 6. The molecule has 3 aliphatic heterocycles. The molecule has 0 saturated carbocycles. The summed E-state index contributed by atoms with van der Waals surface area (Å²) in [5, 5.41) is 45.1. The van der Waals surface area contributed by atoms with E-state index in [0.29, 0.717) is 0 Å². The van der Waals surface area contributed by atoms with Crippen LogP contribution in [0.5, 0.6) is 0 Å². The first-order valence-corrected chi connectivity index (χ1v) is 9.90. The van der Waals surface area contributed by atoms with E-state index in [1.54, 1.807) is 0 Å². The molecule has 3 aliphatic rings. The van der Waals surface area contributed by atoms with Gasteiger partial charge < -0.3 is 41.5 Å². The summed E-state index contributed by atoms with van der Waals surface area (Å²) < 4.78 is 84.4. The van der Waals surface area contributed by atoms with Gasteiger partial charge in [0.2, 0.25) is 11.7 Å². The topological polar surface area (TPSA) is 197 Å². The number of hydrogen-bond acceptors (Lipinski definition) is 7. The standard InChI is InChI=1S/C18H17F6N7O5/c19-17(20,21)5-1-2-7(18(22,23)24)6(3-5)12(33)36-8-4-31-14(27)28-9(11(25)32)10-15(31,16(8,34)35)30-13(26)29-10/h1-3,8-10,34-35H,4H2,(H2,25,32)(H2,27,28)(H3,26,29,30)/t8-,9?,10?,15?/m0/s1. The Morgan fingerprint density at radius 3 is 2.31 bits per heavy atom. The zero-order valence-electron chi connectivity index (χ0n) is 17.6. The third-order valence-electron chi connectivity index (χ3n) is 6.17. The van der Waals surface area contributed by atoms with E-state index in [2.05, 4.69) is 16.0 Å². The molecule has 1 spiro atoms. The summed E-state index contributed by atoms with van der Waals surface area (Å²) in [4.78, 5) is 25.4. The SMILES string of the molecule is N=C1NC2C(C(N)=O)NC(=N)N3C[C@H](OC(=O)c4cc(C(F)(F)F)ccc4C(F)(F)F)C(O)(O)C23N1. The van der Waals surface area contributed by atoms with Crippen molar-refractivity contribution in [2.45, 2.75) is 42.0 Å². The van der Waals surface area contributed by atoms with E-state index < -0.39 is 89.0 Å². The molecule has 12 nitrogen and oxygen atoms in total. The monoisotopic (exact) mass is 525 g/mol. The Morgan fingerprint density at radius 1 is 1.11 bits per heavy atom.